The molecule has 0 spiro atoms. The van der Waals surface area contributed by atoms with Crippen molar-refractivity contribution in [1.82, 2.24) is 15.3 Å². The summed E-state index contributed by atoms with van der Waals surface area (Å²) in [4.78, 5) is 21.6. The lowest BCUT2D eigenvalue weighted by molar-refractivity contribution is 0.0641. The molecule has 1 amide bonds. The molecule has 10 heteroatoms. The number of nitrogens with two attached hydrogens (primary N) is 1. The third-order valence-corrected chi connectivity index (χ3v) is 7.17. The zero-order valence-electron chi connectivity index (χ0n) is 19.8. The topological polar surface area (TPSA) is 156 Å². The van der Waals surface area contributed by atoms with Gasteiger partial charge in [-0.1, -0.05) is 42.5 Å². The van der Waals surface area contributed by atoms with Crippen LogP contribution in [0.3, 0.4) is 0 Å². The van der Waals surface area contributed by atoms with Gasteiger partial charge in [0.1, 0.15) is 5.69 Å². The molecule has 0 saturated carbocycles. The summed E-state index contributed by atoms with van der Waals surface area (Å²) in [5.74, 6) is -0.535. The number of sulfonamides is 1. The Morgan fingerprint density at radius 1 is 1.09 bits per heavy atom. The number of benzene rings is 2. The number of nitrogens with zero attached hydrogens (tertiary/aromatic N) is 2. The minimum atomic E-state index is -4.00. The molecule has 3 rings (SSSR count). The number of aromatic nitrogens is 2. The summed E-state index contributed by atoms with van der Waals surface area (Å²) in [5, 5.41) is 28.2. The van der Waals surface area contributed by atoms with Gasteiger partial charge in [-0.15, -0.1) is 0 Å². The second-order valence-corrected chi connectivity index (χ2v) is 11.2. The summed E-state index contributed by atoms with van der Waals surface area (Å²) >= 11 is 0. The van der Waals surface area contributed by atoms with Crippen molar-refractivity contribution < 1.29 is 23.4 Å². The van der Waals surface area contributed by atoms with Crippen molar-refractivity contribution in [3.05, 3.63) is 72.1 Å². The maximum absolute atomic E-state index is 13.0. The normalized spacial score (nSPS) is 14.9. The molecule has 0 fully saturated rings. The molecule has 3 atom stereocenters. The molecule has 3 aromatic rings. The highest BCUT2D eigenvalue weighted by Crippen LogP contribution is 2.21. The van der Waals surface area contributed by atoms with Crippen LogP contribution in [0.4, 0.5) is 0 Å². The van der Waals surface area contributed by atoms with E-state index < -0.39 is 38.9 Å². The van der Waals surface area contributed by atoms with Crippen molar-refractivity contribution in [1.29, 1.82) is 0 Å². The Balaban J connectivity index is 1.82. The predicted octanol–water partition coefficient (Wildman–Crippen LogP) is 1.93. The van der Waals surface area contributed by atoms with Crippen LogP contribution < -0.4 is 10.5 Å². The average molecular weight is 501 g/mol. The van der Waals surface area contributed by atoms with Crippen molar-refractivity contribution in [3.63, 3.8) is 0 Å². The number of fused-ring (bicyclic) bond motifs is 1. The highest BCUT2D eigenvalue weighted by molar-refractivity contribution is 7.89. The molecule has 0 aliphatic heterocycles. The van der Waals surface area contributed by atoms with E-state index >= 15 is 0 Å². The first kappa shape index (κ1) is 26.7. The van der Waals surface area contributed by atoms with E-state index in [0.29, 0.717) is 11.0 Å². The average Bonchev–Trinajstić information content (AvgIpc) is 2.80. The van der Waals surface area contributed by atoms with Gasteiger partial charge in [-0.25, -0.2) is 18.5 Å². The van der Waals surface area contributed by atoms with Gasteiger partial charge < -0.3 is 15.5 Å². The smallest absolute Gasteiger partial charge is 0.271 e. The van der Waals surface area contributed by atoms with E-state index in [9.17, 15) is 23.4 Å². The van der Waals surface area contributed by atoms with Crippen molar-refractivity contribution in [2.24, 2.45) is 5.14 Å². The maximum Gasteiger partial charge on any atom is 0.271 e. The fourth-order valence-electron chi connectivity index (χ4n) is 3.82. The number of aliphatic hydroxyl groups is 2. The third kappa shape index (κ3) is 8.07. The van der Waals surface area contributed by atoms with Gasteiger partial charge in [-0.05, 0) is 57.2 Å². The zero-order chi connectivity index (χ0) is 25.6. The van der Waals surface area contributed by atoms with Crippen molar-refractivity contribution in [2.75, 3.05) is 0 Å². The quantitative estimate of drug-likeness (QED) is 0.313. The number of hydrogen-bond donors (Lipinski definition) is 4. The highest BCUT2D eigenvalue weighted by atomic mass is 32.2. The lowest BCUT2D eigenvalue weighted by atomic mass is 9.94. The Bertz CT molecular complexity index is 1250. The Morgan fingerprint density at radius 2 is 1.71 bits per heavy atom. The minimum Gasteiger partial charge on any atom is -0.391 e. The van der Waals surface area contributed by atoms with Crippen LogP contribution in [0.25, 0.3) is 11.0 Å². The molecule has 188 valence electrons. The molecule has 35 heavy (non-hydrogen) atoms. The fraction of sp³-hybridized carbons (Fsp3) is 0.400. The molecule has 0 bridgehead atoms. The van der Waals surface area contributed by atoms with Gasteiger partial charge in [0.25, 0.3) is 5.91 Å². The van der Waals surface area contributed by atoms with E-state index in [2.05, 4.69) is 15.3 Å². The van der Waals surface area contributed by atoms with E-state index in [1.165, 1.54) is 6.20 Å². The van der Waals surface area contributed by atoms with Gasteiger partial charge in [0.15, 0.2) is 0 Å². The Hall–Kier alpha value is -2.92. The molecule has 1 aromatic heterocycles. The van der Waals surface area contributed by atoms with Gasteiger partial charge in [-0.3, -0.25) is 9.78 Å². The second kappa shape index (κ2) is 11.2. The SMILES string of the molecule is CC(C)(O)CC[C@@H](C[C@H](O)[C@H](Cc1ccccc1)NC(=O)c1cnc2ccccc2n1)S(N)(=O)=O. The van der Waals surface area contributed by atoms with E-state index in [4.69, 9.17) is 5.14 Å². The molecular weight excluding hydrogens is 468 g/mol. The van der Waals surface area contributed by atoms with E-state index in [1.54, 1.807) is 32.0 Å². The number of amides is 1. The summed E-state index contributed by atoms with van der Waals surface area (Å²) in [6.07, 6.45) is 0.455. The number of rotatable bonds is 11. The minimum absolute atomic E-state index is 0.0710. The molecule has 0 saturated heterocycles. The molecule has 9 nitrogen and oxygen atoms in total. The number of aliphatic hydroxyl groups excluding tert-OH is 1. The van der Waals surface area contributed by atoms with Gasteiger partial charge >= 0.3 is 0 Å². The first-order chi connectivity index (χ1) is 16.4. The van der Waals surface area contributed by atoms with Crippen molar-refractivity contribution >= 4 is 27.0 Å². The van der Waals surface area contributed by atoms with Crippen LogP contribution in [0.1, 0.15) is 49.2 Å². The number of nitrogens with one attached hydrogen (secondary N) is 1. The number of carbonyl (C=O) groups excluding carboxylic acids is 1. The standard InChI is InChI=1S/C25H32N4O5S/c1-25(2,32)13-12-18(35(26,33)34)15-23(30)21(14-17-8-4-3-5-9-17)29-24(31)22-16-27-19-10-6-7-11-20(19)28-22/h3-11,16,18,21,23,30,32H,12-15H2,1-2H3,(H,29,31)(H2,26,33,34)/t18-,21-,23-/m0/s1. The largest absolute Gasteiger partial charge is 0.391 e. The summed E-state index contributed by atoms with van der Waals surface area (Å²) in [6.45, 7) is 3.15. The lowest BCUT2D eigenvalue weighted by Crippen LogP contribution is -2.47. The van der Waals surface area contributed by atoms with E-state index in [-0.39, 0.29) is 31.4 Å². The molecular formula is C25H32N4O5S. The maximum atomic E-state index is 13.0. The van der Waals surface area contributed by atoms with Crippen LogP contribution >= 0.6 is 0 Å². The van der Waals surface area contributed by atoms with Crippen LogP contribution in [-0.2, 0) is 16.4 Å². The molecule has 0 aliphatic rings. The van der Waals surface area contributed by atoms with Gasteiger partial charge in [-0.2, -0.15) is 0 Å². The second-order valence-electron chi connectivity index (χ2n) is 9.38. The zero-order valence-corrected chi connectivity index (χ0v) is 20.6. The molecule has 0 unspecified atom stereocenters. The first-order valence-electron chi connectivity index (χ1n) is 11.4. The molecule has 1 heterocycles. The van der Waals surface area contributed by atoms with Crippen LogP contribution in [0.15, 0.2) is 60.8 Å². The number of para-hydroxylation sites is 2. The lowest BCUT2D eigenvalue weighted by Gasteiger charge is -2.28. The van der Waals surface area contributed by atoms with Gasteiger partial charge in [0.05, 0.1) is 40.2 Å². The first-order valence-corrected chi connectivity index (χ1v) is 13.0. The summed E-state index contributed by atoms with van der Waals surface area (Å²) < 4.78 is 24.4. The van der Waals surface area contributed by atoms with Crippen LogP contribution in [0.5, 0.6) is 0 Å². The Kier molecular flexibility index (Phi) is 8.55. The van der Waals surface area contributed by atoms with Gasteiger partial charge in [0.2, 0.25) is 10.0 Å². The third-order valence-electron chi connectivity index (χ3n) is 5.81. The highest BCUT2D eigenvalue weighted by Gasteiger charge is 2.31. The van der Waals surface area contributed by atoms with E-state index in [0.717, 1.165) is 5.56 Å². The van der Waals surface area contributed by atoms with Gasteiger partial charge in [0, 0.05) is 0 Å². The molecule has 2 aromatic carbocycles. The van der Waals surface area contributed by atoms with Crippen LogP contribution in [-0.4, -0.2) is 57.5 Å². The Morgan fingerprint density at radius 3 is 2.34 bits per heavy atom. The molecule has 5 N–H and O–H groups in total. The van der Waals surface area contributed by atoms with Crippen molar-refractivity contribution in [2.45, 2.75) is 62.5 Å². The number of carbonyl (C=O) groups is 1. The Labute approximate surface area is 205 Å². The number of primary sulfonamides is 1. The summed E-state index contributed by atoms with van der Waals surface area (Å²) in [7, 11) is -4.00. The summed E-state index contributed by atoms with van der Waals surface area (Å²) in [6, 6.07) is 15.6. The molecule has 0 aliphatic carbocycles. The van der Waals surface area contributed by atoms with Crippen molar-refractivity contribution in [3.8, 4) is 0 Å². The predicted molar refractivity (Wildman–Crippen MR) is 134 cm³/mol. The fourth-order valence-corrected chi connectivity index (χ4v) is 4.74. The van der Waals surface area contributed by atoms with E-state index in [1.807, 2.05) is 36.4 Å². The summed E-state index contributed by atoms with van der Waals surface area (Å²) in [5.41, 5.74) is 1.05. The monoisotopic (exact) mass is 500 g/mol. The molecule has 0 radical (unpaired) electrons. The number of hydrogen-bond acceptors (Lipinski definition) is 7. The van der Waals surface area contributed by atoms with Crippen LogP contribution in [0.2, 0.25) is 0 Å². The van der Waals surface area contributed by atoms with Crippen LogP contribution in [0, 0.1) is 0 Å².